The first-order valence-corrected chi connectivity index (χ1v) is 11.5. The van der Waals surface area contributed by atoms with Gasteiger partial charge in [0.05, 0.1) is 5.02 Å². The standard InChI is InChI=1S/C21H22ClN3O4S/c1-15-6-8-17(9-7-15)28-14-20-23-21(24-29-20)16-10-12-25(13-11-16)30(26,27)19-5-3-2-4-18(19)22/h2-9,16H,10-14H2,1H3. The fourth-order valence-electron chi connectivity index (χ4n) is 3.42. The number of benzene rings is 2. The van der Waals surface area contributed by atoms with Crippen LogP contribution in [0.4, 0.5) is 0 Å². The highest BCUT2D eigenvalue weighted by Crippen LogP contribution is 2.31. The summed E-state index contributed by atoms with van der Waals surface area (Å²) in [6, 6.07) is 14.2. The van der Waals surface area contributed by atoms with E-state index < -0.39 is 10.0 Å². The van der Waals surface area contributed by atoms with Gasteiger partial charge < -0.3 is 9.26 Å². The highest BCUT2D eigenvalue weighted by Gasteiger charge is 2.32. The Morgan fingerprint density at radius 2 is 1.83 bits per heavy atom. The number of sulfonamides is 1. The fraction of sp³-hybridized carbons (Fsp3) is 0.333. The highest BCUT2D eigenvalue weighted by atomic mass is 35.5. The van der Waals surface area contributed by atoms with E-state index in [-0.39, 0.29) is 22.4 Å². The Balaban J connectivity index is 1.35. The van der Waals surface area contributed by atoms with Crippen LogP contribution in [-0.4, -0.2) is 36.0 Å². The minimum atomic E-state index is -3.62. The number of piperidine rings is 1. The minimum absolute atomic E-state index is 0.0413. The number of ether oxygens (including phenoxy) is 1. The van der Waals surface area contributed by atoms with Gasteiger partial charge in [0.1, 0.15) is 10.6 Å². The quantitative estimate of drug-likeness (QED) is 0.563. The Bertz CT molecular complexity index is 1110. The fourth-order valence-corrected chi connectivity index (χ4v) is 5.38. The Morgan fingerprint density at radius 3 is 2.53 bits per heavy atom. The number of aryl methyl sites for hydroxylation is 1. The summed E-state index contributed by atoms with van der Waals surface area (Å²) in [7, 11) is -3.62. The summed E-state index contributed by atoms with van der Waals surface area (Å²) in [4.78, 5) is 4.57. The first-order valence-electron chi connectivity index (χ1n) is 9.70. The van der Waals surface area contributed by atoms with E-state index in [0.717, 1.165) is 11.3 Å². The van der Waals surface area contributed by atoms with E-state index in [1.165, 1.54) is 10.4 Å². The summed E-state index contributed by atoms with van der Waals surface area (Å²) < 4.78 is 38.2. The number of aromatic nitrogens is 2. The van der Waals surface area contributed by atoms with E-state index in [1.54, 1.807) is 18.2 Å². The molecule has 1 aromatic heterocycles. The van der Waals surface area contributed by atoms with Gasteiger partial charge in [-0.1, -0.05) is 46.6 Å². The summed E-state index contributed by atoms with van der Waals surface area (Å²) >= 11 is 6.09. The minimum Gasteiger partial charge on any atom is -0.484 e. The van der Waals surface area contributed by atoms with Crippen molar-refractivity contribution in [1.29, 1.82) is 0 Å². The molecule has 0 unspecified atom stereocenters. The number of halogens is 1. The molecule has 4 rings (SSSR count). The largest absolute Gasteiger partial charge is 0.484 e. The first-order chi connectivity index (χ1) is 14.4. The number of rotatable bonds is 6. The van der Waals surface area contributed by atoms with Crippen LogP contribution in [0, 0.1) is 6.92 Å². The molecule has 0 atom stereocenters. The predicted octanol–water partition coefficient (Wildman–Crippen LogP) is 4.18. The monoisotopic (exact) mass is 447 g/mol. The van der Waals surface area contributed by atoms with Crippen molar-refractivity contribution < 1.29 is 17.7 Å². The van der Waals surface area contributed by atoms with Crippen LogP contribution in [-0.2, 0) is 16.6 Å². The van der Waals surface area contributed by atoms with Crippen molar-refractivity contribution in [3.8, 4) is 5.75 Å². The van der Waals surface area contributed by atoms with Crippen molar-refractivity contribution in [2.45, 2.75) is 37.2 Å². The Labute approximate surface area is 180 Å². The summed E-state index contributed by atoms with van der Waals surface area (Å²) in [5.41, 5.74) is 1.16. The van der Waals surface area contributed by atoms with Crippen LogP contribution < -0.4 is 4.74 Å². The Hall–Kier alpha value is -2.42. The molecule has 158 valence electrons. The van der Waals surface area contributed by atoms with Crippen molar-refractivity contribution >= 4 is 21.6 Å². The van der Waals surface area contributed by atoms with Gasteiger partial charge in [0.25, 0.3) is 5.89 Å². The van der Waals surface area contributed by atoms with Crippen molar-refractivity contribution in [2.24, 2.45) is 0 Å². The molecular formula is C21H22ClN3O4S. The topological polar surface area (TPSA) is 85.5 Å². The van der Waals surface area contributed by atoms with E-state index in [9.17, 15) is 8.42 Å². The lowest BCUT2D eigenvalue weighted by atomic mass is 9.98. The van der Waals surface area contributed by atoms with Gasteiger partial charge in [0.2, 0.25) is 10.0 Å². The van der Waals surface area contributed by atoms with E-state index in [2.05, 4.69) is 10.1 Å². The van der Waals surface area contributed by atoms with E-state index in [4.69, 9.17) is 20.9 Å². The van der Waals surface area contributed by atoms with Gasteiger partial charge in [-0.25, -0.2) is 8.42 Å². The molecule has 2 heterocycles. The molecule has 0 bridgehead atoms. The molecule has 0 saturated carbocycles. The molecule has 1 fully saturated rings. The van der Waals surface area contributed by atoms with Crippen LogP contribution in [0.3, 0.4) is 0 Å². The van der Waals surface area contributed by atoms with Crippen LogP contribution >= 0.6 is 11.6 Å². The molecule has 3 aromatic rings. The van der Waals surface area contributed by atoms with E-state index in [1.807, 2.05) is 31.2 Å². The van der Waals surface area contributed by atoms with Gasteiger partial charge >= 0.3 is 0 Å². The molecule has 7 nitrogen and oxygen atoms in total. The van der Waals surface area contributed by atoms with Crippen molar-refractivity contribution in [3.05, 3.63) is 70.8 Å². The van der Waals surface area contributed by atoms with Gasteiger partial charge in [-0.2, -0.15) is 9.29 Å². The van der Waals surface area contributed by atoms with Gasteiger partial charge in [-0.3, -0.25) is 0 Å². The second-order valence-electron chi connectivity index (χ2n) is 7.26. The molecule has 0 radical (unpaired) electrons. The number of hydrogen-bond donors (Lipinski definition) is 0. The summed E-state index contributed by atoms with van der Waals surface area (Å²) in [5, 5.41) is 4.30. The molecule has 1 saturated heterocycles. The Kier molecular flexibility index (Phi) is 6.08. The number of nitrogens with zero attached hydrogens (tertiary/aromatic N) is 3. The number of hydrogen-bond acceptors (Lipinski definition) is 6. The average molecular weight is 448 g/mol. The first kappa shape index (κ1) is 20.8. The van der Waals surface area contributed by atoms with Crippen LogP contribution in [0.25, 0.3) is 0 Å². The molecule has 1 aliphatic rings. The molecule has 0 spiro atoms. The molecule has 30 heavy (non-hydrogen) atoms. The lowest BCUT2D eigenvalue weighted by molar-refractivity contribution is 0.241. The molecular weight excluding hydrogens is 426 g/mol. The van der Waals surface area contributed by atoms with Crippen LogP contribution in [0.2, 0.25) is 5.02 Å². The van der Waals surface area contributed by atoms with Gasteiger partial charge in [-0.15, -0.1) is 0 Å². The summed E-state index contributed by atoms with van der Waals surface area (Å²) in [5.74, 6) is 1.77. The third-order valence-electron chi connectivity index (χ3n) is 5.14. The van der Waals surface area contributed by atoms with E-state index in [0.29, 0.717) is 37.6 Å². The smallest absolute Gasteiger partial charge is 0.264 e. The van der Waals surface area contributed by atoms with Crippen molar-refractivity contribution in [3.63, 3.8) is 0 Å². The van der Waals surface area contributed by atoms with Crippen molar-refractivity contribution in [1.82, 2.24) is 14.4 Å². The van der Waals surface area contributed by atoms with Gasteiger partial charge in [-0.05, 0) is 44.0 Å². The maximum absolute atomic E-state index is 12.9. The predicted molar refractivity (Wildman–Crippen MR) is 112 cm³/mol. The normalized spacial score (nSPS) is 15.9. The highest BCUT2D eigenvalue weighted by molar-refractivity contribution is 7.89. The average Bonchev–Trinajstić information content (AvgIpc) is 3.23. The van der Waals surface area contributed by atoms with Gasteiger partial charge in [0.15, 0.2) is 12.4 Å². The van der Waals surface area contributed by atoms with Crippen LogP contribution in [0.15, 0.2) is 57.9 Å². The second-order valence-corrected chi connectivity index (χ2v) is 9.57. The van der Waals surface area contributed by atoms with Crippen molar-refractivity contribution in [2.75, 3.05) is 13.1 Å². The molecule has 9 heteroatoms. The third-order valence-corrected chi connectivity index (χ3v) is 7.54. The Morgan fingerprint density at radius 1 is 1.13 bits per heavy atom. The molecule has 0 N–H and O–H groups in total. The zero-order valence-corrected chi connectivity index (χ0v) is 18.1. The SMILES string of the molecule is Cc1ccc(OCc2nc(C3CCN(S(=O)(=O)c4ccccc4Cl)CC3)no2)cc1. The summed E-state index contributed by atoms with van der Waals surface area (Å²) in [6.07, 6.45) is 1.23. The molecule has 0 amide bonds. The zero-order valence-electron chi connectivity index (χ0n) is 16.5. The maximum Gasteiger partial charge on any atom is 0.264 e. The summed E-state index contributed by atoms with van der Waals surface area (Å²) in [6.45, 7) is 2.96. The maximum atomic E-state index is 12.9. The van der Waals surface area contributed by atoms with Gasteiger partial charge in [0, 0.05) is 19.0 Å². The third kappa shape index (κ3) is 4.50. The molecule has 0 aliphatic carbocycles. The lowest BCUT2D eigenvalue weighted by Gasteiger charge is -2.30. The molecule has 2 aromatic carbocycles. The second kappa shape index (κ2) is 8.75. The zero-order chi connectivity index (χ0) is 21.1. The van der Waals surface area contributed by atoms with Crippen LogP contribution in [0.1, 0.15) is 36.0 Å². The lowest BCUT2D eigenvalue weighted by Crippen LogP contribution is -2.38. The molecule has 1 aliphatic heterocycles. The van der Waals surface area contributed by atoms with Crippen LogP contribution in [0.5, 0.6) is 5.75 Å². The van der Waals surface area contributed by atoms with E-state index >= 15 is 0 Å².